The fourth-order valence-electron chi connectivity index (χ4n) is 1.73. The predicted molar refractivity (Wildman–Crippen MR) is 87.3 cm³/mol. The second kappa shape index (κ2) is 7.34. The van der Waals surface area contributed by atoms with Crippen LogP contribution in [0.3, 0.4) is 0 Å². The lowest BCUT2D eigenvalue weighted by atomic mass is 10.2. The van der Waals surface area contributed by atoms with E-state index < -0.39 is 16.9 Å². The third-order valence-corrected chi connectivity index (χ3v) is 5.18. The fourth-order valence-corrected chi connectivity index (χ4v) is 4.11. The van der Waals surface area contributed by atoms with Gasteiger partial charge in [0.1, 0.15) is 9.81 Å². The molecule has 1 aromatic carbocycles. The number of carbonyl (C=O) groups excluding carboxylic acids is 2. The van der Waals surface area contributed by atoms with Crippen LogP contribution in [0.1, 0.15) is 5.56 Å². The van der Waals surface area contributed by atoms with E-state index in [0.717, 1.165) is 23.5 Å². The Morgan fingerprint density at radius 2 is 1.61 bits per heavy atom. The van der Waals surface area contributed by atoms with Crippen molar-refractivity contribution in [2.24, 2.45) is 0 Å². The molecule has 0 amide bonds. The number of nitro groups is 1. The number of rotatable bonds is 4. The molecule has 0 radical (unpaired) electrons. The molecule has 0 saturated heterocycles. The van der Waals surface area contributed by atoms with Crippen LogP contribution in [-0.2, 0) is 19.1 Å². The summed E-state index contributed by atoms with van der Waals surface area (Å²) in [5.41, 5.74) is 0.315. The first kappa shape index (κ1) is 17.1. The average Bonchev–Trinajstić information content (AvgIpc) is 2.97. The van der Waals surface area contributed by atoms with Gasteiger partial charge in [-0.2, -0.15) is 0 Å². The van der Waals surface area contributed by atoms with E-state index in [4.69, 9.17) is 0 Å². The lowest BCUT2D eigenvalue weighted by Crippen LogP contribution is -2.08. The predicted octanol–water partition coefficient (Wildman–Crippen LogP) is 2.93. The van der Waals surface area contributed by atoms with Crippen LogP contribution in [0.5, 0.6) is 0 Å². The normalized spacial score (nSPS) is 13.7. The van der Waals surface area contributed by atoms with Crippen molar-refractivity contribution in [1.29, 1.82) is 0 Å². The highest BCUT2D eigenvalue weighted by molar-refractivity contribution is 8.29. The maximum Gasteiger partial charge on any atom is 0.346 e. The van der Waals surface area contributed by atoms with Gasteiger partial charge in [-0.1, -0.05) is 35.7 Å². The molecule has 0 saturated carbocycles. The van der Waals surface area contributed by atoms with Gasteiger partial charge in [-0.25, -0.2) is 9.59 Å². The summed E-state index contributed by atoms with van der Waals surface area (Å²) in [6.07, 6.45) is 1.55. The number of carbonyl (C=O) groups is 2. The largest absolute Gasteiger partial charge is 0.465 e. The van der Waals surface area contributed by atoms with E-state index in [0.29, 0.717) is 9.80 Å². The van der Waals surface area contributed by atoms with Crippen molar-refractivity contribution in [2.45, 2.75) is 0 Å². The molecule has 120 valence electrons. The molecule has 0 bridgehead atoms. The third-order valence-electron chi connectivity index (χ3n) is 2.76. The second-order valence-electron chi connectivity index (χ2n) is 4.12. The molecular formula is C14H11NO6S2. The number of ether oxygens (including phenoxy) is 2. The summed E-state index contributed by atoms with van der Waals surface area (Å²) >= 11 is 2.03. The Balaban J connectivity index is 2.37. The zero-order valence-corrected chi connectivity index (χ0v) is 13.7. The van der Waals surface area contributed by atoms with E-state index in [9.17, 15) is 19.7 Å². The smallest absolute Gasteiger partial charge is 0.346 e. The minimum absolute atomic E-state index is 0.0627. The van der Waals surface area contributed by atoms with Crippen LogP contribution in [0.4, 0.5) is 5.69 Å². The van der Waals surface area contributed by atoms with Crippen molar-refractivity contribution in [3.05, 3.63) is 54.0 Å². The number of nitro benzene ring substituents is 1. The van der Waals surface area contributed by atoms with Crippen LogP contribution in [0.15, 0.2) is 38.3 Å². The number of hydrogen-bond donors (Lipinski definition) is 0. The quantitative estimate of drug-likeness (QED) is 0.463. The Morgan fingerprint density at radius 1 is 1.09 bits per heavy atom. The highest BCUT2D eigenvalue weighted by Gasteiger charge is 2.32. The first-order valence-electron chi connectivity index (χ1n) is 6.19. The van der Waals surface area contributed by atoms with Crippen molar-refractivity contribution < 1.29 is 24.0 Å². The van der Waals surface area contributed by atoms with E-state index in [2.05, 4.69) is 9.47 Å². The molecule has 2 rings (SSSR count). The molecular weight excluding hydrogens is 342 g/mol. The molecule has 0 N–H and O–H groups in total. The van der Waals surface area contributed by atoms with Crippen molar-refractivity contribution >= 4 is 47.2 Å². The lowest BCUT2D eigenvalue weighted by Gasteiger charge is -2.00. The Bertz CT molecular complexity index is 711. The molecule has 1 aliphatic heterocycles. The van der Waals surface area contributed by atoms with E-state index >= 15 is 0 Å². The average molecular weight is 353 g/mol. The van der Waals surface area contributed by atoms with Gasteiger partial charge >= 0.3 is 11.9 Å². The van der Waals surface area contributed by atoms with Crippen LogP contribution >= 0.6 is 23.5 Å². The maximum absolute atomic E-state index is 11.8. The van der Waals surface area contributed by atoms with Gasteiger partial charge in [0, 0.05) is 6.07 Å². The monoisotopic (exact) mass is 353 g/mol. The minimum Gasteiger partial charge on any atom is -0.465 e. The van der Waals surface area contributed by atoms with Crippen LogP contribution in [0.2, 0.25) is 0 Å². The number of nitrogens with zero attached hydrogens (tertiary/aromatic N) is 1. The highest BCUT2D eigenvalue weighted by atomic mass is 32.2. The molecule has 1 heterocycles. The van der Waals surface area contributed by atoms with Crippen molar-refractivity contribution in [3.8, 4) is 0 Å². The lowest BCUT2D eigenvalue weighted by molar-refractivity contribution is -0.385. The van der Waals surface area contributed by atoms with E-state index in [1.54, 1.807) is 24.3 Å². The Morgan fingerprint density at radius 3 is 2.09 bits per heavy atom. The topological polar surface area (TPSA) is 95.7 Å². The molecule has 1 aliphatic rings. The van der Waals surface area contributed by atoms with Crippen LogP contribution < -0.4 is 0 Å². The third kappa shape index (κ3) is 3.74. The van der Waals surface area contributed by atoms with Gasteiger partial charge in [0.25, 0.3) is 5.69 Å². The van der Waals surface area contributed by atoms with Gasteiger partial charge in [0.15, 0.2) is 0 Å². The number of esters is 2. The molecule has 0 unspecified atom stereocenters. The van der Waals surface area contributed by atoms with Gasteiger partial charge in [0.2, 0.25) is 0 Å². The standard InChI is InChI=1S/C14H11NO6S2/c1-20-13(16)11-12(14(17)21-2)23-10(22-11)7-8-5-3-4-6-9(8)15(18)19/h3-7H,1-2H3. The van der Waals surface area contributed by atoms with E-state index in [1.165, 1.54) is 20.3 Å². The number of para-hydroxylation sites is 1. The minimum atomic E-state index is -0.658. The SMILES string of the molecule is COC(=O)C1=C(C(=O)OC)SC(=Cc2ccccc2[N+](=O)[O-])S1. The number of thioether (sulfide) groups is 2. The molecule has 7 nitrogen and oxygen atoms in total. The van der Waals surface area contributed by atoms with E-state index in [1.807, 2.05) is 0 Å². The fraction of sp³-hybridized carbons (Fsp3) is 0.143. The molecule has 0 atom stereocenters. The van der Waals surface area contributed by atoms with E-state index in [-0.39, 0.29) is 15.5 Å². The van der Waals surface area contributed by atoms with Crippen LogP contribution in [0, 0.1) is 10.1 Å². The summed E-state index contributed by atoms with van der Waals surface area (Å²) < 4.78 is 9.83. The zero-order chi connectivity index (χ0) is 17.0. The summed E-state index contributed by atoms with van der Waals surface area (Å²) in [4.78, 5) is 34.3. The molecule has 23 heavy (non-hydrogen) atoms. The molecule has 9 heteroatoms. The van der Waals surface area contributed by atoms with Gasteiger partial charge in [0.05, 0.1) is 28.9 Å². The maximum atomic E-state index is 11.8. The van der Waals surface area contributed by atoms with Crippen LogP contribution in [0.25, 0.3) is 6.08 Å². The number of benzene rings is 1. The van der Waals surface area contributed by atoms with Gasteiger partial charge in [-0.15, -0.1) is 0 Å². The summed E-state index contributed by atoms with van der Waals surface area (Å²) in [6, 6.07) is 6.19. The Labute approximate surface area is 139 Å². The second-order valence-corrected chi connectivity index (χ2v) is 6.49. The zero-order valence-electron chi connectivity index (χ0n) is 12.1. The van der Waals surface area contributed by atoms with Crippen LogP contribution in [-0.4, -0.2) is 31.1 Å². The number of methoxy groups -OCH3 is 2. The summed E-state index contributed by atoms with van der Waals surface area (Å²) in [5.74, 6) is -1.32. The summed E-state index contributed by atoms with van der Waals surface area (Å²) in [7, 11) is 2.42. The van der Waals surface area contributed by atoms with Crippen molar-refractivity contribution in [1.82, 2.24) is 0 Å². The van der Waals surface area contributed by atoms with Gasteiger partial charge in [-0.05, 0) is 12.1 Å². The molecule has 0 spiro atoms. The summed E-state index contributed by atoms with van der Waals surface area (Å²) in [6.45, 7) is 0. The van der Waals surface area contributed by atoms with Gasteiger partial charge in [-0.3, -0.25) is 10.1 Å². The Hall–Kier alpha value is -2.26. The first-order valence-corrected chi connectivity index (χ1v) is 7.83. The molecule has 0 fully saturated rings. The Kier molecular flexibility index (Phi) is 5.45. The molecule has 0 aromatic heterocycles. The van der Waals surface area contributed by atoms with Crippen molar-refractivity contribution in [3.63, 3.8) is 0 Å². The molecule has 0 aliphatic carbocycles. The summed E-state index contributed by atoms with van der Waals surface area (Å²) in [5, 5.41) is 11.0. The molecule has 1 aromatic rings. The van der Waals surface area contributed by atoms with Gasteiger partial charge < -0.3 is 9.47 Å². The number of hydrogen-bond acceptors (Lipinski definition) is 8. The van der Waals surface area contributed by atoms with Crippen molar-refractivity contribution in [2.75, 3.05) is 14.2 Å². The highest BCUT2D eigenvalue weighted by Crippen LogP contribution is 2.50. The first-order chi connectivity index (χ1) is 11.0.